The van der Waals surface area contributed by atoms with Crippen molar-refractivity contribution in [3.05, 3.63) is 35.2 Å². The SMILES string of the molecule is CNC(c1cccc2ccsc12)C1(C)CCCO1. The number of thiophene rings is 1. The highest BCUT2D eigenvalue weighted by atomic mass is 32.1. The van der Waals surface area contributed by atoms with Crippen LogP contribution in [0.15, 0.2) is 29.6 Å². The molecule has 3 heteroatoms. The second-order valence-corrected chi connectivity index (χ2v) is 6.09. The van der Waals surface area contributed by atoms with Crippen molar-refractivity contribution in [2.75, 3.05) is 13.7 Å². The Labute approximate surface area is 112 Å². The van der Waals surface area contributed by atoms with Crippen LogP contribution < -0.4 is 5.32 Å². The molecule has 2 aromatic rings. The molecule has 2 heterocycles. The predicted molar refractivity (Wildman–Crippen MR) is 77.2 cm³/mol. The third-order valence-electron chi connectivity index (χ3n) is 3.97. The molecule has 1 aromatic heterocycles. The fourth-order valence-corrected chi connectivity index (χ4v) is 4.01. The van der Waals surface area contributed by atoms with Crippen LogP contribution in [0.2, 0.25) is 0 Å². The maximum atomic E-state index is 6.02. The van der Waals surface area contributed by atoms with Crippen LogP contribution in [0.1, 0.15) is 31.4 Å². The van der Waals surface area contributed by atoms with Crippen LogP contribution in [0, 0.1) is 0 Å². The maximum absolute atomic E-state index is 6.02. The van der Waals surface area contributed by atoms with E-state index in [9.17, 15) is 0 Å². The largest absolute Gasteiger partial charge is 0.373 e. The average molecular weight is 261 g/mol. The van der Waals surface area contributed by atoms with Crippen LogP contribution in [0.3, 0.4) is 0 Å². The second kappa shape index (κ2) is 4.65. The number of ether oxygens (including phenoxy) is 1. The number of likely N-dealkylation sites (N-methyl/N-ethyl adjacent to an activating group) is 1. The van der Waals surface area contributed by atoms with Crippen molar-refractivity contribution in [3.63, 3.8) is 0 Å². The summed E-state index contributed by atoms with van der Waals surface area (Å²) in [7, 11) is 2.03. The number of benzene rings is 1. The molecule has 0 bridgehead atoms. The van der Waals surface area contributed by atoms with Crippen LogP contribution in [-0.4, -0.2) is 19.3 Å². The first-order valence-corrected chi connectivity index (χ1v) is 7.40. The lowest BCUT2D eigenvalue weighted by Gasteiger charge is -2.33. The Balaban J connectivity index is 2.08. The zero-order chi connectivity index (χ0) is 12.6. The van der Waals surface area contributed by atoms with Crippen molar-refractivity contribution in [1.82, 2.24) is 5.32 Å². The molecule has 1 fully saturated rings. The quantitative estimate of drug-likeness (QED) is 0.909. The molecule has 1 aliphatic rings. The average Bonchev–Trinajstić information content (AvgIpc) is 2.99. The molecule has 2 atom stereocenters. The lowest BCUT2D eigenvalue weighted by molar-refractivity contribution is -0.0100. The number of hydrogen-bond donors (Lipinski definition) is 1. The summed E-state index contributed by atoms with van der Waals surface area (Å²) in [5.41, 5.74) is 1.29. The van der Waals surface area contributed by atoms with Gasteiger partial charge in [-0.3, -0.25) is 0 Å². The van der Waals surface area contributed by atoms with Crippen LogP contribution >= 0.6 is 11.3 Å². The molecule has 0 spiro atoms. The fourth-order valence-electron chi connectivity index (χ4n) is 3.06. The highest BCUT2D eigenvalue weighted by Crippen LogP contribution is 2.40. The van der Waals surface area contributed by atoms with Gasteiger partial charge in [-0.1, -0.05) is 18.2 Å². The summed E-state index contributed by atoms with van der Waals surface area (Å²) in [6.45, 7) is 3.11. The topological polar surface area (TPSA) is 21.3 Å². The van der Waals surface area contributed by atoms with Crippen molar-refractivity contribution in [2.45, 2.75) is 31.4 Å². The Hall–Kier alpha value is -0.900. The zero-order valence-corrected chi connectivity index (χ0v) is 11.7. The summed E-state index contributed by atoms with van der Waals surface area (Å²) in [5, 5.41) is 6.96. The van der Waals surface area contributed by atoms with Gasteiger partial charge in [0, 0.05) is 11.3 Å². The highest BCUT2D eigenvalue weighted by Gasteiger charge is 2.39. The standard InChI is InChI=1S/C15H19NOS/c1-15(8-4-9-17-15)14(16-2)12-6-3-5-11-7-10-18-13(11)12/h3,5-7,10,14,16H,4,8-9H2,1-2H3. The first-order valence-electron chi connectivity index (χ1n) is 6.52. The van der Waals surface area contributed by atoms with Crippen LogP contribution in [0.5, 0.6) is 0 Å². The van der Waals surface area contributed by atoms with Gasteiger partial charge in [-0.05, 0) is 49.2 Å². The number of hydrogen-bond acceptors (Lipinski definition) is 3. The van der Waals surface area contributed by atoms with Gasteiger partial charge in [-0.15, -0.1) is 11.3 Å². The van der Waals surface area contributed by atoms with Gasteiger partial charge in [0.2, 0.25) is 0 Å². The third-order valence-corrected chi connectivity index (χ3v) is 4.95. The predicted octanol–water partition coefficient (Wildman–Crippen LogP) is 3.73. The molecule has 96 valence electrons. The second-order valence-electron chi connectivity index (χ2n) is 5.17. The molecule has 1 saturated heterocycles. The van der Waals surface area contributed by atoms with E-state index in [1.165, 1.54) is 15.6 Å². The van der Waals surface area contributed by atoms with Gasteiger partial charge in [-0.2, -0.15) is 0 Å². The monoisotopic (exact) mass is 261 g/mol. The molecule has 1 aliphatic heterocycles. The molecular weight excluding hydrogens is 242 g/mol. The molecule has 18 heavy (non-hydrogen) atoms. The molecule has 0 aliphatic carbocycles. The Kier molecular flexibility index (Phi) is 3.14. The number of fused-ring (bicyclic) bond motifs is 1. The van der Waals surface area contributed by atoms with E-state index in [1.807, 2.05) is 18.4 Å². The molecule has 0 radical (unpaired) electrons. The molecule has 1 N–H and O–H groups in total. The molecule has 0 saturated carbocycles. The van der Waals surface area contributed by atoms with E-state index in [-0.39, 0.29) is 11.6 Å². The lowest BCUT2D eigenvalue weighted by Crippen LogP contribution is -2.39. The number of rotatable bonds is 3. The summed E-state index contributed by atoms with van der Waals surface area (Å²) in [6, 6.07) is 9.01. The van der Waals surface area contributed by atoms with Crippen molar-refractivity contribution < 1.29 is 4.74 Å². The van der Waals surface area contributed by atoms with E-state index in [0.29, 0.717) is 0 Å². The van der Waals surface area contributed by atoms with Crippen molar-refractivity contribution >= 4 is 21.4 Å². The highest BCUT2D eigenvalue weighted by molar-refractivity contribution is 7.17. The maximum Gasteiger partial charge on any atom is 0.0849 e. The Morgan fingerprint density at radius 2 is 2.28 bits per heavy atom. The molecule has 2 nitrogen and oxygen atoms in total. The van der Waals surface area contributed by atoms with Crippen molar-refractivity contribution in [1.29, 1.82) is 0 Å². The lowest BCUT2D eigenvalue weighted by atomic mass is 9.87. The van der Waals surface area contributed by atoms with Crippen LogP contribution in [0.25, 0.3) is 10.1 Å². The Bertz CT molecular complexity index is 542. The summed E-state index contributed by atoms with van der Waals surface area (Å²) in [5.74, 6) is 0. The molecule has 2 unspecified atom stereocenters. The molecular formula is C15H19NOS. The van der Waals surface area contributed by atoms with E-state index in [1.54, 1.807) is 0 Å². The minimum absolute atomic E-state index is 0.0764. The van der Waals surface area contributed by atoms with E-state index in [2.05, 4.69) is 41.9 Å². The van der Waals surface area contributed by atoms with Gasteiger partial charge < -0.3 is 10.1 Å². The van der Waals surface area contributed by atoms with Crippen molar-refractivity contribution in [2.24, 2.45) is 0 Å². The Morgan fingerprint density at radius 3 is 3.00 bits per heavy atom. The fraction of sp³-hybridized carbons (Fsp3) is 0.467. The van der Waals surface area contributed by atoms with Crippen molar-refractivity contribution in [3.8, 4) is 0 Å². The van der Waals surface area contributed by atoms with E-state index in [4.69, 9.17) is 4.74 Å². The van der Waals surface area contributed by atoms with Gasteiger partial charge in [0.05, 0.1) is 11.6 Å². The third kappa shape index (κ3) is 1.87. The molecule has 3 rings (SSSR count). The van der Waals surface area contributed by atoms with Gasteiger partial charge in [0.1, 0.15) is 0 Å². The Morgan fingerprint density at radius 1 is 1.39 bits per heavy atom. The first-order chi connectivity index (χ1) is 8.74. The first kappa shape index (κ1) is 12.2. The summed E-state index contributed by atoms with van der Waals surface area (Å²) in [4.78, 5) is 0. The van der Waals surface area contributed by atoms with E-state index >= 15 is 0 Å². The van der Waals surface area contributed by atoms with Gasteiger partial charge >= 0.3 is 0 Å². The minimum Gasteiger partial charge on any atom is -0.373 e. The van der Waals surface area contributed by atoms with E-state index in [0.717, 1.165) is 19.4 Å². The van der Waals surface area contributed by atoms with Gasteiger partial charge in [0.25, 0.3) is 0 Å². The van der Waals surface area contributed by atoms with Crippen LogP contribution in [-0.2, 0) is 4.74 Å². The summed E-state index contributed by atoms with van der Waals surface area (Å²) < 4.78 is 7.40. The number of nitrogens with one attached hydrogen (secondary N) is 1. The van der Waals surface area contributed by atoms with Gasteiger partial charge in [-0.25, -0.2) is 0 Å². The van der Waals surface area contributed by atoms with Crippen LogP contribution in [0.4, 0.5) is 0 Å². The minimum atomic E-state index is -0.0764. The molecule has 0 amide bonds. The summed E-state index contributed by atoms with van der Waals surface area (Å²) >= 11 is 1.82. The zero-order valence-electron chi connectivity index (χ0n) is 10.9. The smallest absolute Gasteiger partial charge is 0.0849 e. The van der Waals surface area contributed by atoms with E-state index < -0.39 is 0 Å². The molecule has 1 aromatic carbocycles. The van der Waals surface area contributed by atoms with Gasteiger partial charge in [0.15, 0.2) is 0 Å². The normalized spacial score (nSPS) is 25.7. The summed E-state index contributed by atoms with van der Waals surface area (Å²) in [6.07, 6.45) is 2.29.